The van der Waals surface area contributed by atoms with E-state index in [1.165, 1.54) is 18.0 Å². The summed E-state index contributed by atoms with van der Waals surface area (Å²) in [5.41, 5.74) is -0.481. The molecule has 4 rings (SSSR count). The van der Waals surface area contributed by atoms with Gasteiger partial charge in [0.05, 0.1) is 25.3 Å². The Morgan fingerprint density at radius 1 is 1.21 bits per heavy atom. The maximum absolute atomic E-state index is 12.9. The van der Waals surface area contributed by atoms with Gasteiger partial charge in [0, 0.05) is 4.75 Å². The van der Waals surface area contributed by atoms with Crippen LogP contribution < -0.4 is 5.32 Å². The summed E-state index contributed by atoms with van der Waals surface area (Å²) in [7, 11) is 0. The second-order valence-electron chi connectivity index (χ2n) is 11.3. The third-order valence-corrected chi connectivity index (χ3v) is 8.36. The Balaban J connectivity index is 1.32. The van der Waals surface area contributed by atoms with Gasteiger partial charge >= 0.3 is 12.1 Å². The first-order chi connectivity index (χ1) is 18.1. The molecule has 39 heavy (non-hydrogen) atoms. The number of hydrogen-bond acceptors (Lipinski definition) is 13. The fraction of sp³-hybridized carbons (Fsp3) is 0.783. The van der Waals surface area contributed by atoms with Crippen LogP contribution >= 0.6 is 11.8 Å². The number of carbonyl (C=O) groups is 3. The van der Waals surface area contributed by atoms with E-state index in [0.29, 0.717) is 0 Å². The standard InChI is InChI=1S/C23H35N5O10S/c1-22(2,3)38-21(35)24-14-18(34)28-12(23(4,5)39-20(14)28)6-13(30)36-9-10-7-27(26-25-10)19-17(33)16(32)15(31)11(8-29)37-19/h7,11-12,14-17,19-20,29,31-33H,6,8-9H2,1-5H3,(H,24,35)/t11-,12+,14-,15-,16+,17-,19-,20-/m1/s1. The SMILES string of the molecule is CC(C)(C)OC(=O)N[C@@H]1C(=O)N2[C@@H]1SC(C)(C)[C@@H]2CC(=O)OCc1cn([C@@H]2O[C@H](CO)[C@@H](O)[C@H](O)[C@H]2O)nn1. The molecule has 3 aliphatic rings. The van der Waals surface area contributed by atoms with Crippen molar-refractivity contribution in [3.63, 3.8) is 0 Å². The Kier molecular flexibility index (Phi) is 8.18. The lowest BCUT2D eigenvalue weighted by Crippen LogP contribution is -2.69. The minimum absolute atomic E-state index is 0.0811. The van der Waals surface area contributed by atoms with Gasteiger partial charge in [-0.3, -0.25) is 9.59 Å². The van der Waals surface area contributed by atoms with Gasteiger partial charge < -0.3 is 44.9 Å². The molecule has 0 unspecified atom stereocenters. The van der Waals surface area contributed by atoms with Gasteiger partial charge in [-0.15, -0.1) is 16.9 Å². The molecule has 0 aromatic carbocycles. The summed E-state index contributed by atoms with van der Waals surface area (Å²) < 4.78 is 16.6. The third kappa shape index (κ3) is 6.00. The Morgan fingerprint density at radius 3 is 2.54 bits per heavy atom. The highest BCUT2D eigenvalue weighted by Gasteiger charge is 2.62. The molecule has 218 valence electrons. The van der Waals surface area contributed by atoms with Crippen molar-refractivity contribution >= 4 is 29.7 Å². The summed E-state index contributed by atoms with van der Waals surface area (Å²) in [6.07, 6.45) is -6.39. The summed E-state index contributed by atoms with van der Waals surface area (Å²) in [6.45, 7) is 8.17. The monoisotopic (exact) mass is 573 g/mol. The van der Waals surface area contributed by atoms with Crippen LogP contribution in [0.1, 0.15) is 53.0 Å². The number of alkyl carbamates (subject to hydrolysis) is 1. The first-order valence-corrected chi connectivity index (χ1v) is 13.4. The lowest BCUT2D eigenvalue weighted by molar-refractivity contribution is -0.254. The summed E-state index contributed by atoms with van der Waals surface area (Å²) in [5.74, 6) is -0.878. The Bertz CT molecular complexity index is 1090. The fourth-order valence-electron chi connectivity index (χ4n) is 4.75. The molecule has 0 spiro atoms. The molecule has 0 bridgehead atoms. The molecular formula is C23H35N5O10S. The van der Waals surface area contributed by atoms with E-state index in [1.54, 1.807) is 25.7 Å². The number of fused-ring (bicyclic) bond motifs is 1. The Labute approximate surface area is 228 Å². The molecule has 8 atom stereocenters. The van der Waals surface area contributed by atoms with Crippen molar-refractivity contribution in [3.8, 4) is 0 Å². The summed E-state index contributed by atoms with van der Waals surface area (Å²) >= 11 is 1.48. The van der Waals surface area contributed by atoms with E-state index in [1.807, 2.05) is 13.8 Å². The third-order valence-electron chi connectivity index (χ3n) is 6.74. The molecule has 3 fully saturated rings. The molecule has 0 radical (unpaired) electrons. The van der Waals surface area contributed by atoms with E-state index >= 15 is 0 Å². The largest absolute Gasteiger partial charge is 0.459 e. The number of carbonyl (C=O) groups excluding carboxylic acids is 3. The zero-order chi connectivity index (χ0) is 28.9. The highest BCUT2D eigenvalue weighted by Crippen LogP contribution is 2.51. The minimum atomic E-state index is -1.58. The van der Waals surface area contributed by atoms with E-state index in [4.69, 9.17) is 14.2 Å². The van der Waals surface area contributed by atoms with Gasteiger partial charge in [-0.2, -0.15) is 0 Å². The predicted molar refractivity (Wildman–Crippen MR) is 133 cm³/mol. The molecule has 0 aliphatic carbocycles. The van der Waals surface area contributed by atoms with Gasteiger partial charge in [-0.1, -0.05) is 5.21 Å². The van der Waals surface area contributed by atoms with Crippen LogP contribution in [0.2, 0.25) is 0 Å². The lowest BCUT2D eigenvalue weighted by atomic mass is 9.93. The molecule has 4 heterocycles. The van der Waals surface area contributed by atoms with Crippen LogP contribution in [-0.2, 0) is 30.4 Å². The van der Waals surface area contributed by atoms with Gasteiger partial charge in [0.15, 0.2) is 6.23 Å². The number of aliphatic hydroxyl groups is 4. The van der Waals surface area contributed by atoms with E-state index in [-0.39, 0.29) is 30.0 Å². The van der Waals surface area contributed by atoms with Gasteiger partial charge in [-0.05, 0) is 34.6 Å². The second kappa shape index (κ2) is 10.8. The number of esters is 1. The Hall–Kier alpha value is -2.50. The van der Waals surface area contributed by atoms with Crippen molar-refractivity contribution in [2.45, 2.75) is 106 Å². The van der Waals surface area contributed by atoms with Crippen molar-refractivity contribution in [3.05, 3.63) is 11.9 Å². The van der Waals surface area contributed by atoms with Crippen molar-refractivity contribution in [2.75, 3.05) is 6.61 Å². The maximum Gasteiger partial charge on any atom is 0.408 e. The second-order valence-corrected chi connectivity index (χ2v) is 13.0. The number of nitrogens with one attached hydrogen (secondary N) is 1. The average Bonchev–Trinajstić information content (AvgIpc) is 3.40. The van der Waals surface area contributed by atoms with Crippen molar-refractivity contribution in [2.24, 2.45) is 0 Å². The first-order valence-electron chi connectivity index (χ1n) is 12.5. The van der Waals surface area contributed by atoms with Crippen LogP contribution in [0.5, 0.6) is 0 Å². The molecule has 1 aromatic rings. The topological polar surface area (TPSA) is 206 Å². The highest BCUT2D eigenvalue weighted by molar-refractivity contribution is 8.01. The van der Waals surface area contributed by atoms with Crippen LogP contribution in [0.3, 0.4) is 0 Å². The average molecular weight is 574 g/mol. The molecule has 3 aliphatic heterocycles. The number of aromatic nitrogens is 3. The molecule has 3 saturated heterocycles. The highest BCUT2D eigenvalue weighted by atomic mass is 32.2. The lowest BCUT2D eigenvalue weighted by Gasteiger charge is -2.44. The van der Waals surface area contributed by atoms with Crippen molar-refractivity contribution < 1.29 is 49.0 Å². The molecule has 16 heteroatoms. The van der Waals surface area contributed by atoms with Crippen LogP contribution in [0, 0.1) is 0 Å². The predicted octanol–water partition coefficient (Wildman–Crippen LogP) is -1.36. The minimum Gasteiger partial charge on any atom is -0.459 e. The number of ether oxygens (including phenoxy) is 3. The smallest absolute Gasteiger partial charge is 0.408 e. The van der Waals surface area contributed by atoms with Crippen LogP contribution in [-0.4, -0.2) is 117 Å². The number of β-lactam (4-membered cyclic amide) rings is 1. The van der Waals surface area contributed by atoms with Gasteiger partial charge in [0.1, 0.15) is 53.7 Å². The number of aliphatic hydroxyl groups excluding tert-OH is 4. The van der Waals surface area contributed by atoms with Crippen molar-refractivity contribution in [1.82, 2.24) is 25.2 Å². The van der Waals surface area contributed by atoms with Crippen molar-refractivity contribution in [1.29, 1.82) is 0 Å². The van der Waals surface area contributed by atoms with Crippen LogP contribution in [0.15, 0.2) is 6.20 Å². The first kappa shape index (κ1) is 29.5. The number of thioether (sulfide) groups is 1. The summed E-state index contributed by atoms with van der Waals surface area (Å²) in [6, 6.07) is -1.21. The Morgan fingerprint density at radius 2 is 1.90 bits per heavy atom. The van der Waals surface area contributed by atoms with Gasteiger partial charge in [0.25, 0.3) is 0 Å². The summed E-state index contributed by atoms with van der Waals surface area (Å²) in [4.78, 5) is 39.3. The molecule has 5 N–H and O–H groups in total. The fourth-order valence-corrected chi connectivity index (χ4v) is 6.42. The van der Waals surface area contributed by atoms with Gasteiger partial charge in [0.2, 0.25) is 5.91 Å². The zero-order valence-corrected chi connectivity index (χ0v) is 23.1. The van der Waals surface area contributed by atoms with E-state index in [0.717, 1.165) is 4.68 Å². The molecule has 0 saturated carbocycles. The maximum atomic E-state index is 12.9. The van der Waals surface area contributed by atoms with Gasteiger partial charge in [-0.25, -0.2) is 9.48 Å². The number of amides is 2. The van der Waals surface area contributed by atoms with E-state index in [9.17, 15) is 34.8 Å². The normalized spacial score (nSPS) is 33.8. The van der Waals surface area contributed by atoms with E-state index < -0.39 is 71.7 Å². The van der Waals surface area contributed by atoms with Crippen LogP contribution in [0.4, 0.5) is 4.79 Å². The molecule has 1 aromatic heterocycles. The number of hydrogen-bond donors (Lipinski definition) is 5. The summed E-state index contributed by atoms with van der Waals surface area (Å²) in [5, 5.41) is 49.5. The molecule has 2 amide bonds. The quantitative estimate of drug-likeness (QED) is 0.189. The zero-order valence-electron chi connectivity index (χ0n) is 22.3. The van der Waals surface area contributed by atoms with E-state index in [2.05, 4.69) is 15.6 Å². The molecular weight excluding hydrogens is 538 g/mol. The molecule has 15 nitrogen and oxygen atoms in total. The van der Waals surface area contributed by atoms with Crippen LogP contribution in [0.25, 0.3) is 0 Å². The number of nitrogens with zero attached hydrogens (tertiary/aromatic N) is 4. The number of rotatable bonds is 7.